The molecular weight excluding hydrogens is 702 g/mol. The van der Waals surface area contributed by atoms with Crippen molar-refractivity contribution in [2.24, 2.45) is 0 Å². The molecule has 38 heavy (non-hydrogen) atoms. The van der Waals surface area contributed by atoms with E-state index in [0.29, 0.717) is 31.4 Å². The second kappa shape index (κ2) is 12.5. The first-order chi connectivity index (χ1) is 18.6. The summed E-state index contributed by atoms with van der Waals surface area (Å²) in [7, 11) is 0. The van der Waals surface area contributed by atoms with Gasteiger partial charge >= 0.3 is 0 Å². The number of halogens is 2. The van der Waals surface area contributed by atoms with Crippen molar-refractivity contribution in [3.63, 3.8) is 0 Å². The fourth-order valence-corrected chi connectivity index (χ4v) is 6.28. The van der Waals surface area contributed by atoms with Gasteiger partial charge in [0.2, 0.25) is 23.6 Å². The number of hydrogen-bond donors (Lipinski definition) is 0. The predicted octanol–water partition coefficient (Wildman–Crippen LogP) is 9.67. The zero-order chi connectivity index (χ0) is 26.5. The second-order valence-corrected chi connectivity index (χ2v) is 12.2. The van der Waals surface area contributed by atoms with Gasteiger partial charge in [0.1, 0.15) is 0 Å². The molecule has 0 aliphatic carbocycles. The predicted molar refractivity (Wildman–Crippen MR) is 167 cm³/mol. The third kappa shape index (κ3) is 6.17. The average Bonchev–Trinajstić information content (AvgIpc) is 3.65. The molecule has 0 spiro atoms. The molecule has 2 unspecified atom stereocenters. The van der Waals surface area contributed by atoms with Crippen molar-refractivity contribution in [1.82, 2.24) is 20.4 Å². The Bertz CT molecular complexity index is 1370. The van der Waals surface area contributed by atoms with Crippen molar-refractivity contribution in [1.29, 1.82) is 0 Å². The SMILES string of the molecule is CCCC(I)c1ccc(-c2nnc(-c3cccc(-c4nnc(-c5ccc(C(I)CCC)cc5)o4)c3)o2)cc1. The molecule has 194 valence electrons. The zero-order valence-corrected chi connectivity index (χ0v) is 25.6. The molecular formula is C30H28I2N4O2. The van der Waals surface area contributed by atoms with Crippen molar-refractivity contribution in [3.8, 4) is 45.8 Å². The highest BCUT2D eigenvalue weighted by Crippen LogP contribution is 2.33. The van der Waals surface area contributed by atoms with E-state index in [0.717, 1.165) is 47.9 Å². The highest BCUT2D eigenvalue weighted by molar-refractivity contribution is 14.1. The third-order valence-electron chi connectivity index (χ3n) is 6.33. The van der Waals surface area contributed by atoms with E-state index >= 15 is 0 Å². The molecule has 5 aromatic rings. The minimum atomic E-state index is 0.444. The molecule has 0 saturated heterocycles. The van der Waals surface area contributed by atoms with E-state index in [1.807, 2.05) is 48.5 Å². The smallest absolute Gasteiger partial charge is 0.248 e. The molecule has 2 atom stereocenters. The van der Waals surface area contributed by atoms with Gasteiger partial charge in [-0.3, -0.25) is 0 Å². The van der Waals surface area contributed by atoms with Crippen LogP contribution in [0.4, 0.5) is 0 Å². The quantitative estimate of drug-likeness (QED) is 0.105. The fraction of sp³-hybridized carbons (Fsp3) is 0.267. The van der Waals surface area contributed by atoms with Crippen LogP contribution in [-0.2, 0) is 0 Å². The second-order valence-electron chi connectivity index (χ2n) is 9.16. The number of hydrogen-bond acceptors (Lipinski definition) is 6. The number of alkyl halides is 2. The van der Waals surface area contributed by atoms with Gasteiger partial charge < -0.3 is 8.83 Å². The first-order valence-electron chi connectivity index (χ1n) is 12.8. The molecule has 0 fully saturated rings. The van der Waals surface area contributed by atoms with Gasteiger partial charge in [-0.2, -0.15) is 0 Å². The first-order valence-corrected chi connectivity index (χ1v) is 15.3. The lowest BCUT2D eigenvalue weighted by molar-refractivity contribution is 0.582. The summed E-state index contributed by atoms with van der Waals surface area (Å²) in [4.78, 5) is 0. The van der Waals surface area contributed by atoms with Gasteiger partial charge in [0.05, 0.1) is 0 Å². The molecule has 5 rings (SSSR count). The van der Waals surface area contributed by atoms with Crippen molar-refractivity contribution >= 4 is 45.2 Å². The van der Waals surface area contributed by atoms with E-state index in [1.54, 1.807) is 0 Å². The van der Waals surface area contributed by atoms with Crippen LogP contribution in [0.2, 0.25) is 0 Å². The minimum absolute atomic E-state index is 0.444. The summed E-state index contributed by atoms with van der Waals surface area (Å²) in [6, 6.07) is 24.4. The highest BCUT2D eigenvalue weighted by Gasteiger charge is 2.16. The summed E-state index contributed by atoms with van der Waals surface area (Å²) < 4.78 is 13.1. The van der Waals surface area contributed by atoms with E-state index < -0.39 is 0 Å². The maximum atomic E-state index is 6.03. The van der Waals surface area contributed by atoms with E-state index in [1.165, 1.54) is 11.1 Å². The molecule has 0 bridgehead atoms. The van der Waals surface area contributed by atoms with Gasteiger partial charge in [-0.25, -0.2) is 0 Å². The van der Waals surface area contributed by atoms with Crippen LogP contribution in [0.15, 0.2) is 81.6 Å². The van der Waals surface area contributed by atoms with Gasteiger partial charge in [-0.1, -0.05) is 102 Å². The number of rotatable bonds is 10. The standard InChI is InChI=1S/C30H28I2N4O2/c1-3-6-25(31)19-10-14-21(15-11-19)27-33-35-29(37-27)23-8-5-9-24(18-23)30-36-34-28(38-30)22-16-12-20(13-17-22)26(32)7-4-2/h5,8-18,25-26H,3-4,6-7H2,1-2H3. The topological polar surface area (TPSA) is 77.8 Å². The third-order valence-corrected chi connectivity index (χ3v) is 9.01. The summed E-state index contributed by atoms with van der Waals surface area (Å²) in [6.07, 6.45) is 4.65. The zero-order valence-electron chi connectivity index (χ0n) is 21.3. The van der Waals surface area contributed by atoms with E-state index in [4.69, 9.17) is 8.83 Å². The Morgan fingerprint density at radius 1 is 0.553 bits per heavy atom. The molecule has 3 aromatic carbocycles. The summed E-state index contributed by atoms with van der Waals surface area (Å²) in [5, 5.41) is 17.1. The van der Waals surface area contributed by atoms with Crippen molar-refractivity contribution in [3.05, 3.63) is 83.9 Å². The molecule has 2 aromatic heterocycles. The van der Waals surface area contributed by atoms with Gasteiger partial charge in [0, 0.05) is 30.1 Å². The van der Waals surface area contributed by atoms with Crippen LogP contribution in [0, 0.1) is 0 Å². The molecule has 0 amide bonds. The highest BCUT2D eigenvalue weighted by atomic mass is 127. The normalized spacial score (nSPS) is 12.9. The van der Waals surface area contributed by atoms with E-state index in [2.05, 4.69) is 104 Å². The number of nitrogens with zero attached hydrogens (tertiary/aromatic N) is 4. The van der Waals surface area contributed by atoms with Crippen LogP contribution in [0.5, 0.6) is 0 Å². The average molecular weight is 730 g/mol. The summed E-state index contributed by atoms with van der Waals surface area (Å²) >= 11 is 4.99. The first kappa shape index (κ1) is 27.0. The lowest BCUT2D eigenvalue weighted by atomic mass is 10.1. The van der Waals surface area contributed by atoms with Gasteiger partial charge in [-0.15, -0.1) is 20.4 Å². The van der Waals surface area contributed by atoms with E-state index in [9.17, 15) is 0 Å². The summed E-state index contributed by atoms with van der Waals surface area (Å²) in [6.45, 7) is 4.42. The van der Waals surface area contributed by atoms with Crippen LogP contribution in [0.25, 0.3) is 45.8 Å². The van der Waals surface area contributed by atoms with E-state index in [-0.39, 0.29) is 0 Å². The largest absolute Gasteiger partial charge is 0.416 e. The lowest BCUT2D eigenvalue weighted by Crippen LogP contribution is -1.89. The van der Waals surface area contributed by atoms with Gasteiger partial charge in [0.15, 0.2) is 0 Å². The maximum Gasteiger partial charge on any atom is 0.248 e. The molecule has 8 heteroatoms. The molecule has 0 radical (unpaired) electrons. The minimum Gasteiger partial charge on any atom is -0.416 e. The Kier molecular flexibility index (Phi) is 8.88. The molecule has 0 N–H and O–H groups in total. The van der Waals surface area contributed by atoms with Gasteiger partial charge in [-0.05, 0) is 66.4 Å². The van der Waals surface area contributed by atoms with Crippen LogP contribution >= 0.6 is 45.2 Å². The molecule has 0 aliphatic rings. The Morgan fingerprint density at radius 3 is 1.29 bits per heavy atom. The Morgan fingerprint density at radius 2 is 0.921 bits per heavy atom. The molecule has 2 heterocycles. The lowest BCUT2D eigenvalue weighted by Gasteiger charge is -2.08. The number of aromatic nitrogens is 4. The van der Waals surface area contributed by atoms with Gasteiger partial charge in [0.25, 0.3) is 0 Å². The Labute approximate surface area is 250 Å². The Balaban J connectivity index is 1.33. The van der Waals surface area contributed by atoms with Crippen molar-refractivity contribution in [2.45, 2.75) is 47.4 Å². The molecule has 0 aliphatic heterocycles. The molecule has 6 nitrogen and oxygen atoms in total. The van der Waals surface area contributed by atoms with Crippen molar-refractivity contribution < 1.29 is 8.83 Å². The Hall–Kier alpha value is -2.60. The maximum absolute atomic E-state index is 6.03. The van der Waals surface area contributed by atoms with Crippen molar-refractivity contribution in [2.75, 3.05) is 0 Å². The van der Waals surface area contributed by atoms with Crippen LogP contribution in [-0.4, -0.2) is 20.4 Å². The van der Waals surface area contributed by atoms with Crippen LogP contribution in [0.3, 0.4) is 0 Å². The summed E-state index contributed by atoms with van der Waals surface area (Å²) in [5.41, 5.74) is 6.01. The monoisotopic (exact) mass is 730 g/mol. The summed E-state index contributed by atoms with van der Waals surface area (Å²) in [5.74, 6) is 1.88. The fourth-order valence-electron chi connectivity index (χ4n) is 4.21. The van der Waals surface area contributed by atoms with Crippen LogP contribution in [0.1, 0.15) is 58.5 Å². The molecule has 0 saturated carbocycles. The number of benzene rings is 3. The van der Waals surface area contributed by atoms with Crippen LogP contribution < -0.4 is 0 Å².